The van der Waals surface area contributed by atoms with Crippen LogP contribution in [0.1, 0.15) is 17.0 Å². The minimum absolute atomic E-state index is 0.133. The summed E-state index contributed by atoms with van der Waals surface area (Å²) in [4.78, 5) is 18.8. The maximum Gasteiger partial charge on any atom is 0.296 e. The Kier molecular flexibility index (Phi) is 2.39. The Bertz CT molecular complexity index is 774. The highest BCUT2D eigenvalue weighted by atomic mass is 16.3. The van der Waals surface area contributed by atoms with Crippen LogP contribution in [0, 0.1) is 0 Å². The Morgan fingerprint density at radius 1 is 1.15 bits per heavy atom. The van der Waals surface area contributed by atoms with Crippen LogP contribution in [0.4, 0.5) is 5.95 Å². The zero-order valence-corrected chi connectivity index (χ0v) is 10.8. The zero-order chi connectivity index (χ0) is 13.5. The molecular formula is C15H13N3O2. The van der Waals surface area contributed by atoms with Crippen molar-refractivity contribution in [1.29, 1.82) is 0 Å². The summed E-state index contributed by atoms with van der Waals surface area (Å²) in [6, 6.07) is 11.4. The van der Waals surface area contributed by atoms with E-state index in [4.69, 9.17) is 4.42 Å². The van der Waals surface area contributed by atoms with Crippen molar-refractivity contribution in [3.05, 3.63) is 48.4 Å². The van der Waals surface area contributed by atoms with Gasteiger partial charge in [-0.05, 0) is 30.7 Å². The van der Waals surface area contributed by atoms with E-state index in [1.807, 2.05) is 24.3 Å². The highest BCUT2D eigenvalue weighted by Crippen LogP contribution is 2.27. The summed E-state index contributed by atoms with van der Waals surface area (Å²) in [5, 5.41) is 0. The lowest BCUT2D eigenvalue weighted by Gasteiger charge is -2.26. The predicted octanol–water partition coefficient (Wildman–Crippen LogP) is 2.68. The van der Waals surface area contributed by atoms with E-state index in [1.54, 1.807) is 17.0 Å². The molecule has 5 heteroatoms. The highest BCUT2D eigenvalue weighted by Gasteiger charge is 2.28. The molecule has 3 aromatic rings. The molecule has 3 heterocycles. The van der Waals surface area contributed by atoms with Crippen molar-refractivity contribution < 1.29 is 9.21 Å². The lowest BCUT2D eigenvalue weighted by atomic mass is 10.2. The topological polar surface area (TPSA) is 51.3 Å². The van der Waals surface area contributed by atoms with Crippen molar-refractivity contribution in [3.8, 4) is 0 Å². The van der Waals surface area contributed by atoms with Crippen LogP contribution >= 0.6 is 0 Å². The monoisotopic (exact) mass is 267 g/mol. The van der Waals surface area contributed by atoms with Gasteiger partial charge in [-0.1, -0.05) is 12.1 Å². The molecule has 0 saturated carbocycles. The van der Waals surface area contributed by atoms with Gasteiger partial charge in [-0.2, -0.15) is 0 Å². The van der Waals surface area contributed by atoms with Crippen molar-refractivity contribution in [3.63, 3.8) is 0 Å². The predicted molar refractivity (Wildman–Crippen MR) is 74.7 cm³/mol. The van der Waals surface area contributed by atoms with Gasteiger partial charge in [-0.25, -0.2) is 4.98 Å². The first-order chi connectivity index (χ1) is 9.84. The van der Waals surface area contributed by atoms with E-state index in [0.29, 0.717) is 18.3 Å². The second-order valence-corrected chi connectivity index (χ2v) is 4.84. The average Bonchev–Trinajstić information content (AvgIpc) is 3.13. The normalized spacial score (nSPS) is 14.5. The standard InChI is InChI=1S/C15H13N3O2/c19-14(13-7-3-10-20-13)18-9-4-8-17-12-6-2-1-5-11(12)16-15(17)18/h1-3,5-7,10H,4,8-9H2. The number of aryl methyl sites for hydroxylation is 1. The molecule has 1 aliphatic rings. The first kappa shape index (κ1) is 11.3. The van der Waals surface area contributed by atoms with E-state index in [1.165, 1.54) is 6.26 Å². The Morgan fingerprint density at radius 3 is 2.90 bits per heavy atom. The first-order valence-electron chi connectivity index (χ1n) is 6.65. The molecule has 0 unspecified atom stereocenters. The van der Waals surface area contributed by atoms with Gasteiger partial charge in [0.1, 0.15) is 0 Å². The van der Waals surface area contributed by atoms with Gasteiger partial charge in [0.05, 0.1) is 17.3 Å². The maximum atomic E-state index is 12.5. The number of amides is 1. The fraction of sp³-hybridized carbons (Fsp3) is 0.200. The number of anilines is 1. The van der Waals surface area contributed by atoms with Gasteiger partial charge in [0.2, 0.25) is 5.95 Å². The number of aromatic nitrogens is 2. The van der Waals surface area contributed by atoms with Crippen LogP contribution in [0.15, 0.2) is 47.1 Å². The van der Waals surface area contributed by atoms with Gasteiger partial charge in [0, 0.05) is 13.1 Å². The summed E-state index contributed by atoms with van der Waals surface area (Å²) in [6.07, 6.45) is 2.43. The molecule has 4 rings (SSSR count). The Hall–Kier alpha value is -2.56. The van der Waals surface area contributed by atoms with Crippen LogP contribution in [0.3, 0.4) is 0 Å². The second kappa shape index (κ2) is 4.23. The molecule has 0 N–H and O–H groups in total. The lowest BCUT2D eigenvalue weighted by Crippen LogP contribution is -2.37. The molecule has 100 valence electrons. The summed E-state index contributed by atoms with van der Waals surface area (Å²) in [6.45, 7) is 1.56. The Morgan fingerprint density at radius 2 is 2.05 bits per heavy atom. The molecule has 0 bridgehead atoms. The Balaban J connectivity index is 1.84. The number of para-hydroxylation sites is 2. The SMILES string of the molecule is O=C(c1ccco1)N1CCCn2c1nc1ccccc12. The molecule has 0 saturated heterocycles. The minimum atomic E-state index is -0.133. The molecule has 0 spiro atoms. The summed E-state index contributed by atoms with van der Waals surface area (Å²) < 4.78 is 7.31. The molecule has 1 aromatic carbocycles. The van der Waals surface area contributed by atoms with Crippen LogP contribution in [-0.4, -0.2) is 22.0 Å². The smallest absolute Gasteiger partial charge is 0.296 e. The number of imidazole rings is 1. The zero-order valence-electron chi connectivity index (χ0n) is 10.8. The molecule has 0 aliphatic carbocycles. The number of hydrogen-bond donors (Lipinski definition) is 0. The van der Waals surface area contributed by atoms with Crippen molar-refractivity contribution in [1.82, 2.24) is 9.55 Å². The fourth-order valence-electron chi connectivity index (χ4n) is 2.70. The van der Waals surface area contributed by atoms with Gasteiger partial charge < -0.3 is 8.98 Å². The number of carbonyl (C=O) groups is 1. The van der Waals surface area contributed by atoms with Crippen molar-refractivity contribution in [2.45, 2.75) is 13.0 Å². The number of carbonyl (C=O) groups excluding carboxylic acids is 1. The van der Waals surface area contributed by atoms with Gasteiger partial charge in [0.25, 0.3) is 5.91 Å². The lowest BCUT2D eigenvalue weighted by molar-refractivity contribution is 0.0954. The average molecular weight is 267 g/mol. The van der Waals surface area contributed by atoms with Crippen LogP contribution in [0.2, 0.25) is 0 Å². The van der Waals surface area contributed by atoms with E-state index < -0.39 is 0 Å². The third-order valence-electron chi connectivity index (χ3n) is 3.62. The number of nitrogens with zero attached hydrogens (tertiary/aromatic N) is 3. The fourth-order valence-corrected chi connectivity index (χ4v) is 2.70. The summed E-state index contributed by atoms with van der Waals surface area (Å²) in [5.41, 5.74) is 1.99. The molecule has 0 radical (unpaired) electrons. The third kappa shape index (κ3) is 1.56. The van der Waals surface area contributed by atoms with Gasteiger partial charge in [0.15, 0.2) is 5.76 Å². The summed E-state index contributed by atoms with van der Waals surface area (Å²) >= 11 is 0. The second-order valence-electron chi connectivity index (χ2n) is 4.84. The Labute approximate surface area is 115 Å². The van der Waals surface area contributed by atoms with Crippen molar-refractivity contribution in [2.24, 2.45) is 0 Å². The van der Waals surface area contributed by atoms with Gasteiger partial charge in [-0.15, -0.1) is 0 Å². The number of fused-ring (bicyclic) bond motifs is 3. The number of benzene rings is 1. The van der Waals surface area contributed by atoms with E-state index in [2.05, 4.69) is 9.55 Å². The van der Waals surface area contributed by atoms with E-state index in [0.717, 1.165) is 24.0 Å². The molecule has 0 fully saturated rings. The van der Waals surface area contributed by atoms with E-state index in [9.17, 15) is 4.79 Å². The summed E-state index contributed by atoms with van der Waals surface area (Å²) in [5.74, 6) is 0.926. The van der Waals surface area contributed by atoms with Crippen LogP contribution in [-0.2, 0) is 6.54 Å². The molecule has 2 aromatic heterocycles. The molecule has 1 amide bonds. The molecule has 20 heavy (non-hydrogen) atoms. The number of hydrogen-bond acceptors (Lipinski definition) is 3. The first-order valence-corrected chi connectivity index (χ1v) is 6.65. The molecule has 5 nitrogen and oxygen atoms in total. The highest BCUT2D eigenvalue weighted by molar-refractivity contribution is 6.04. The molecule has 1 aliphatic heterocycles. The van der Waals surface area contributed by atoms with Crippen molar-refractivity contribution in [2.75, 3.05) is 11.4 Å². The minimum Gasteiger partial charge on any atom is -0.459 e. The maximum absolute atomic E-state index is 12.5. The van der Waals surface area contributed by atoms with E-state index >= 15 is 0 Å². The summed E-state index contributed by atoms with van der Waals surface area (Å²) in [7, 11) is 0. The van der Waals surface area contributed by atoms with Crippen LogP contribution in [0.5, 0.6) is 0 Å². The van der Waals surface area contributed by atoms with Gasteiger partial charge in [-0.3, -0.25) is 9.69 Å². The van der Waals surface area contributed by atoms with Gasteiger partial charge >= 0.3 is 0 Å². The van der Waals surface area contributed by atoms with Crippen LogP contribution in [0.25, 0.3) is 11.0 Å². The largest absolute Gasteiger partial charge is 0.459 e. The quantitative estimate of drug-likeness (QED) is 0.681. The third-order valence-corrected chi connectivity index (χ3v) is 3.62. The van der Waals surface area contributed by atoms with E-state index in [-0.39, 0.29) is 5.91 Å². The molecule has 0 atom stereocenters. The number of rotatable bonds is 1. The number of furan rings is 1. The molecular weight excluding hydrogens is 254 g/mol. The van der Waals surface area contributed by atoms with Crippen molar-refractivity contribution >= 4 is 22.9 Å². The van der Waals surface area contributed by atoms with Crippen LogP contribution < -0.4 is 4.90 Å².